The Kier molecular flexibility index (Phi) is 4.64. The number of halogens is 2. The molecule has 90 valence electrons. The minimum Gasteiger partial charge on any atom is -0.460 e. The summed E-state index contributed by atoms with van der Waals surface area (Å²) >= 11 is 5.83. The molecular weight excluding hydrogens is 393 g/mol. The molecule has 17 heavy (non-hydrogen) atoms. The molecule has 0 amide bonds. The monoisotopic (exact) mass is 405 g/mol. The van der Waals surface area contributed by atoms with E-state index in [0.29, 0.717) is 0 Å². The van der Waals surface area contributed by atoms with Crippen LogP contribution in [-0.4, -0.2) is 6.54 Å². The summed E-state index contributed by atoms with van der Waals surface area (Å²) in [6.45, 7) is 3.81. The predicted molar refractivity (Wildman–Crippen MR) is 81.9 cm³/mol. The van der Waals surface area contributed by atoms with Gasteiger partial charge in [0.25, 0.3) is 0 Å². The maximum Gasteiger partial charge on any atom is 0.134 e. The van der Waals surface area contributed by atoms with Crippen LogP contribution >= 0.6 is 38.5 Å². The van der Waals surface area contributed by atoms with Crippen LogP contribution in [0.5, 0.6) is 0 Å². The first kappa shape index (κ1) is 13.1. The van der Waals surface area contributed by atoms with Gasteiger partial charge in [-0.1, -0.05) is 13.0 Å². The summed E-state index contributed by atoms with van der Waals surface area (Å²) in [6.07, 6.45) is 0. The first-order valence-corrected chi connectivity index (χ1v) is 7.32. The predicted octanol–water partition coefficient (Wildman–Crippen LogP) is 4.42. The molecule has 0 bridgehead atoms. The van der Waals surface area contributed by atoms with Gasteiger partial charge < -0.3 is 9.73 Å². The summed E-state index contributed by atoms with van der Waals surface area (Å²) in [4.78, 5) is 0. The topological polar surface area (TPSA) is 25.2 Å². The lowest BCUT2D eigenvalue weighted by molar-refractivity contribution is 0.498. The summed E-state index contributed by atoms with van der Waals surface area (Å²) in [5, 5.41) is 3.25. The zero-order chi connectivity index (χ0) is 12.3. The van der Waals surface area contributed by atoms with Crippen molar-refractivity contribution in [3.8, 4) is 11.3 Å². The van der Waals surface area contributed by atoms with Crippen LogP contribution in [0.1, 0.15) is 12.7 Å². The number of rotatable bonds is 4. The first-order chi connectivity index (χ1) is 8.20. The van der Waals surface area contributed by atoms with E-state index < -0.39 is 0 Å². The van der Waals surface area contributed by atoms with Crippen molar-refractivity contribution >= 4 is 38.5 Å². The Labute approximate surface area is 123 Å². The third-order valence-corrected chi connectivity index (χ3v) is 4.75. The van der Waals surface area contributed by atoms with Gasteiger partial charge in [-0.05, 0) is 69.3 Å². The summed E-state index contributed by atoms with van der Waals surface area (Å²) < 4.78 is 8.08. The van der Waals surface area contributed by atoms with Gasteiger partial charge in [-0.15, -0.1) is 0 Å². The van der Waals surface area contributed by atoms with Gasteiger partial charge in [0, 0.05) is 13.6 Å². The van der Waals surface area contributed by atoms with Crippen LogP contribution in [0, 0.1) is 3.57 Å². The van der Waals surface area contributed by atoms with Gasteiger partial charge in [0.1, 0.15) is 11.5 Å². The molecule has 0 aliphatic rings. The largest absolute Gasteiger partial charge is 0.460 e. The fourth-order valence-electron chi connectivity index (χ4n) is 1.53. The fraction of sp³-hybridized carbons (Fsp3) is 0.231. The molecule has 1 aromatic heterocycles. The Hall–Kier alpha value is -0.330. The van der Waals surface area contributed by atoms with Gasteiger partial charge in [0.05, 0.1) is 6.54 Å². The lowest BCUT2D eigenvalue weighted by atomic mass is 10.2. The Morgan fingerprint density at radius 2 is 2.12 bits per heavy atom. The molecule has 2 aromatic rings. The SMILES string of the molecule is CCNCc1ccc(-c2ccc(I)c(Br)c2)o1. The van der Waals surface area contributed by atoms with Crippen molar-refractivity contribution in [1.29, 1.82) is 0 Å². The van der Waals surface area contributed by atoms with E-state index in [0.717, 1.165) is 34.6 Å². The normalized spacial score (nSPS) is 10.8. The van der Waals surface area contributed by atoms with Crippen molar-refractivity contribution in [2.24, 2.45) is 0 Å². The molecule has 0 fully saturated rings. The molecule has 0 aliphatic carbocycles. The zero-order valence-corrected chi connectivity index (χ0v) is 13.2. The van der Waals surface area contributed by atoms with Gasteiger partial charge in [0.2, 0.25) is 0 Å². The van der Waals surface area contributed by atoms with Gasteiger partial charge in [-0.3, -0.25) is 0 Å². The Bertz CT molecular complexity index is 510. The Balaban J connectivity index is 2.21. The summed E-state index contributed by atoms with van der Waals surface area (Å²) in [5.41, 5.74) is 1.10. The number of hydrogen-bond donors (Lipinski definition) is 1. The molecule has 2 rings (SSSR count). The van der Waals surface area contributed by atoms with Crippen LogP contribution in [0.2, 0.25) is 0 Å². The van der Waals surface area contributed by atoms with E-state index in [-0.39, 0.29) is 0 Å². The van der Waals surface area contributed by atoms with E-state index in [1.165, 1.54) is 3.57 Å². The Morgan fingerprint density at radius 3 is 2.82 bits per heavy atom. The van der Waals surface area contributed by atoms with Crippen molar-refractivity contribution in [1.82, 2.24) is 5.32 Å². The second-order valence-corrected chi connectivity index (χ2v) is 5.69. The molecule has 4 heteroatoms. The number of hydrogen-bond acceptors (Lipinski definition) is 2. The zero-order valence-electron chi connectivity index (χ0n) is 9.47. The van der Waals surface area contributed by atoms with Crippen LogP contribution in [0.15, 0.2) is 39.2 Å². The van der Waals surface area contributed by atoms with E-state index in [9.17, 15) is 0 Å². The van der Waals surface area contributed by atoms with Crippen molar-refractivity contribution in [3.63, 3.8) is 0 Å². The van der Waals surface area contributed by atoms with Crippen LogP contribution < -0.4 is 5.32 Å². The number of furan rings is 1. The molecule has 0 atom stereocenters. The lowest BCUT2D eigenvalue weighted by Crippen LogP contribution is -2.10. The molecule has 0 radical (unpaired) electrons. The van der Waals surface area contributed by atoms with Crippen LogP contribution in [-0.2, 0) is 6.54 Å². The minimum absolute atomic E-state index is 0.780. The van der Waals surface area contributed by atoms with E-state index in [4.69, 9.17) is 4.42 Å². The molecular formula is C13H13BrINO. The molecule has 0 saturated heterocycles. The molecule has 0 unspecified atom stereocenters. The highest BCUT2D eigenvalue weighted by Crippen LogP contribution is 2.28. The molecule has 1 N–H and O–H groups in total. The minimum atomic E-state index is 0.780. The lowest BCUT2D eigenvalue weighted by Gasteiger charge is -2.01. The maximum atomic E-state index is 5.78. The molecule has 2 nitrogen and oxygen atoms in total. The van der Waals surface area contributed by atoms with Crippen molar-refractivity contribution in [2.45, 2.75) is 13.5 Å². The van der Waals surface area contributed by atoms with Gasteiger partial charge in [-0.25, -0.2) is 0 Å². The smallest absolute Gasteiger partial charge is 0.134 e. The molecule has 0 aliphatic heterocycles. The molecule has 1 aromatic carbocycles. The third-order valence-electron chi connectivity index (χ3n) is 2.42. The standard InChI is InChI=1S/C13H13BrINO/c1-2-16-8-10-4-6-13(17-10)9-3-5-12(15)11(14)7-9/h3-7,16H,2,8H2,1H3. The average Bonchev–Trinajstić information content (AvgIpc) is 2.79. The second-order valence-electron chi connectivity index (χ2n) is 3.68. The third kappa shape index (κ3) is 3.33. The van der Waals surface area contributed by atoms with Crippen molar-refractivity contribution in [2.75, 3.05) is 6.54 Å². The van der Waals surface area contributed by atoms with Crippen LogP contribution in [0.4, 0.5) is 0 Å². The highest BCUT2D eigenvalue weighted by Gasteiger charge is 2.06. The second kappa shape index (κ2) is 6.02. The molecule has 1 heterocycles. The highest BCUT2D eigenvalue weighted by molar-refractivity contribution is 14.1. The Morgan fingerprint density at radius 1 is 1.29 bits per heavy atom. The quantitative estimate of drug-likeness (QED) is 0.761. The van der Waals surface area contributed by atoms with Crippen LogP contribution in [0.3, 0.4) is 0 Å². The van der Waals surface area contributed by atoms with E-state index in [1.54, 1.807) is 0 Å². The summed E-state index contributed by atoms with van der Waals surface area (Å²) in [5.74, 6) is 1.88. The molecule has 0 spiro atoms. The van der Waals surface area contributed by atoms with Crippen LogP contribution in [0.25, 0.3) is 11.3 Å². The van der Waals surface area contributed by atoms with Gasteiger partial charge in [-0.2, -0.15) is 0 Å². The van der Waals surface area contributed by atoms with Gasteiger partial charge in [0.15, 0.2) is 0 Å². The number of nitrogens with one attached hydrogen (secondary N) is 1. The van der Waals surface area contributed by atoms with Crippen molar-refractivity contribution < 1.29 is 4.42 Å². The molecule has 0 saturated carbocycles. The van der Waals surface area contributed by atoms with E-state index in [1.807, 2.05) is 12.1 Å². The summed E-state index contributed by atoms with van der Waals surface area (Å²) in [7, 11) is 0. The average molecular weight is 406 g/mol. The fourth-order valence-corrected chi connectivity index (χ4v) is 2.24. The van der Waals surface area contributed by atoms with E-state index >= 15 is 0 Å². The number of benzene rings is 1. The van der Waals surface area contributed by atoms with Gasteiger partial charge >= 0.3 is 0 Å². The van der Waals surface area contributed by atoms with Crippen molar-refractivity contribution in [3.05, 3.63) is 44.1 Å². The first-order valence-electron chi connectivity index (χ1n) is 5.45. The highest BCUT2D eigenvalue weighted by atomic mass is 127. The summed E-state index contributed by atoms with van der Waals surface area (Å²) in [6, 6.07) is 10.3. The van der Waals surface area contributed by atoms with E-state index in [2.05, 4.69) is 69.0 Å². The maximum absolute atomic E-state index is 5.78.